The lowest BCUT2D eigenvalue weighted by Gasteiger charge is -2.10. The van der Waals surface area contributed by atoms with Gasteiger partial charge in [0.05, 0.1) is 5.57 Å². The molecule has 0 saturated heterocycles. The van der Waals surface area contributed by atoms with Crippen LogP contribution in [0.4, 0.5) is 0 Å². The van der Waals surface area contributed by atoms with Crippen LogP contribution in [0.15, 0.2) is 53.6 Å². The van der Waals surface area contributed by atoms with Crippen molar-refractivity contribution in [2.75, 3.05) is 0 Å². The van der Waals surface area contributed by atoms with Crippen LogP contribution in [0.3, 0.4) is 0 Å². The summed E-state index contributed by atoms with van der Waals surface area (Å²) in [4.78, 5) is 0. The van der Waals surface area contributed by atoms with Crippen LogP contribution in [0.2, 0.25) is 0 Å². The van der Waals surface area contributed by atoms with E-state index in [-0.39, 0.29) is 0 Å². The molecule has 268 valence electrons. The van der Waals surface area contributed by atoms with Crippen LogP contribution in [-0.4, -0.2) is 10.4 Å². The van der Waals surface area contributed by atoms with Crippen LogP contribution in [0, 0.1) is 47.4 Å². The van der Waals surface area contributed by atoms with Crippen molar-refractivity contribution in [3.8, 4) is 47.4 Å². The topological polar surface area (TPSA) is 26.8 Å². The molecule has 1 heterocycles. The first-order chi connectivity index (χ1) is 25.0. The number of nitrogens with one attached hydrogen (secondary N) is 1. The Balaban J connectivity index is 2.34. The van der Waals surface area contributed by atoms with Crippen LogP contribution >= 0.6 is 0 Å². The van der Waals surface area contributed by atoms with Gasteiger partial charge in [0, 0.05) is 64.6 Å². The fraction of sp³-hybridized carbons (Fsp3) is 0.490. The van der Waals surface area contributed by atoms with Crippen LogP contribution in [0.5, 0.6) is 0 Å². The number of hydrogen-bond acceptors (Lipinski definition) is 0. The standard InChI is InChI=1S/C49H62N2/c1-7-13-19-24-28-40-34-41(29-25-20-14-8-2)37-44(36-40)48-46(32-18-12-6)47(33-23-17-11-5)49(51(48)50)45-38-42(30-26-21-15-9-3)35-43(39-45)31-27-22-16-10-4/h33-39,50H,7-23,32H2,1-6H3. The van der Waals surface area contributed by atoms with E-state index in [0.29, 0.717) is 0 Å². The van der Waals surface area contributed by atoms with Gasteiger partial charge in [-0.15, -0.1) is 0 Å². The highest BCUT2D eigenvalue weighted by molar-refractivity contribution is 6.16. The van der Waals surface area contributed by atoms with Crippen molar-refractivity contribution >= 4 is 11.4 Å². The molecule has 2 heteroatoms. The Morgan fingerprint density at radius 2 is 0.902 bits per heavy atom. The predicted octanol–water partition coefficient (Wildman–Crippen LogP) is 13.4. The van der Waals surface area contributed by atoms with E-state index < -0.39 is 0 Å². The number of rotatable bonds is 16. The molecule has 0 fully saturated rings. The lowest BCUT2D eigenvalue weighted by atomic mass is 9.90. The van der Waals surface area contributed by atoms with Crippen molar-refractivity contribution in [3.05, 3.63) is 92.8 Å². The smallest absolute Gasteiger partial charge is 0.215 e. The molecule has 0 atom stereocenters. The van der Waals surface area contributed by atoms with Gasteiger partial charge in [0.2, 0.25) is 11.4 Å². The first-order valence-corrected chi connectivity index (χ1v) is 20.1. The number of nitrogens with zero attached hydrogens (tertiary/aromatic N) is 1. The summed E-state index contributed by atoms with van der Waals surface area (Å²) in [7, 11) is 0. The summed E-state index contributed by atoms with van der Waals surface area (Å²) in [6.07, 6.45) is 21.1. The van der Waals surface area contributed by atoms with Crippen LogP contribution in [0.1, 0.15) is 190 Å². The SMILES string of the molecule is CCCCC#Cc1cc(C#CCCCC)cc(C2=C(CCCC)C(=CCCCC)C(c3cc(C#CCCCC)cc(C#CCCCC)c3)=[N+]2[NH-])c1. The Morgan fingerprint density at radius 1 is 0.510 bits per heavy atom. The summed E-state index contributed by atoms with van der Waals surface area (Å²) in [5.41, 5.74) is 10.2. The molecule has 0 aliphatic carbocycles. The van der Waals surface area contributed by atoms with E-state index >= 15 is 0 Å². The second-order valence-electron chi connectivity index (χ2n) is 13.6. The molecule has 0 saturated carbocycles. The van der Waals surface area contributed by atoms with Crippen LogP contribution in [0.25, 0.3) is 11.5 Å². The van der Waals surface area contributed by atoms with E-state index in [1.165, 1.54) is 11.1 Å². The summed E-state index contributed by atoms with van der Waals surface area (Å²) in [5, 5.41) is 0. The molecular weight excluding hydrogens is 617 g/mol. The average molecular weight is 679 g/mol. The highest BCUT2D eigenvalue weighted by Crippen LogP contribution is 2.38. The Morgan fingerprint density at radius 3 is 1.29 bits per heavy atom. The van der Waals surface area contributed by atoms with Crippen molar-refractivity contribution < 1.29 is 4.68 Å². The zero-order valence-electron chi connectivity index (χ0n) is 32.7. The molecule has 51 heavy (non-hydrogen) atoms. The van der Waals surface area contributed by atoms with Crippen molar-refractivity contribution in [1.29, 1.82) is 0 Å². The highest BCUT2D eigenvalue weighted by Gasteiger charge is 2.35. The first kappa shape index (κ1) is 41.1. The monoisotopic (exact) mass is 678 g/mol. The summed E-state index contributed by atoms with van der Waals surface area (Å²) >= 11 is 0. The fourth-order valence-corrected chi connectivity index (χ4v) is 6.04. The number of allylic oxidation sites excluding steroid dienone is 3. The van der Waals surface area contributed by atoms with E-state index in [4.69, 9.17) is 0 Å². The molecule has 1 aliphatic heterocycles. The van der Waals surface area contributed by atoms with Crippen molar-refractivity contribution in [2.45, 2.75) is 157 Å². The van der Waals surface area contributed by atoms with Gasteiger partial charge in [-0.1, -0.05) is 140 Å². The van der Waals surface area contributed by atoms with Crippen LogP contribution < -0.4 is 0 Å². The summed E-state index contributed by atoms with van der Waals surface area (Å²) in [6, 6.07) is 13.0. The van der Waals surface area contributed by atoms with Crippen LogP contribution in [-0.2, 0) is 0 Å². The Kier molecular flexibility index (Phi) is 19.3. The maximum atomic E-state index is 9.91. The molecule has 0 unspecified atom stereocenters. The molecule has 0 amide bonds. The lowest BCUT2D eigenvalue weighted by Crippen LogP contribution is -2.12. The average Bonchev–Trinajstić information content (AvgIpc) is 3.41. The fourth-order valence-electron chi connectivity index (χ4n) is 6.04. The Hall–Kier alpha value is -4.37. The van der Waals surface area contributed by atoms with Gasteiger partial charge in [0.1, 0.15) is 0 Å². The molecule has 2 aromatic carbocycles. The zero-order valence-corrected chi connectivity index (χ0v) is 32.7. The number of benzene rings is 2. The summed E-state index contributed by atoms with van der Waals surface area (Å²) < 4.78 is 1.71. The molecule has 2 aromatic rings. The Labute approximate surface area is 312 Å². The minimum Gasteiger partial charge on any atom is -0.448 e. The second kappa shape index (κ2) is 23.9. The molecule has 3 rings (SSSR count). The van der Waals surface area contributed by atoms with Crippen molar-refractivity contribution in [1.82, 2.24) is 0 Å². The Bertz CT molecular complexity index is 1690. The van der Waals surface area contributed by atoms with Gasteiger partial charge in [-0.25, -0.2) is 4.68 Å². The molecule has 0 aromatic heterocycles. The van der Waals surface area contributed by atoms with Gasteiger partial charge in [-0.2, -0.15) is 0 Å². The second-order valence-corrected chi connectivity index (χ2v) is 13.6. The van der Waals surface area contributed by atoms with Gasteiger partial charge in [-0.05, 0) is 81.3 Å². The minimum absolute atomic E-state index is 0.885. The molecule has 1 aliphatic rings. The van der Waals surface area contributed by atoms with E-state index in [2.05, 4.69) is 131 Å². The number of hydrogen-bond donors (Lipinski definition) is 0. The third-order valence-corrected chi connectivity index (χ3v) is 8.96. The molecule has 2 nitrogen and oxygen atoms in total. The highest BCUT2D eigenvalue weighted by atomic mass is 15.3. The third kappa shape index (κ3) is 13.4. The quantitative estimate of drug-likeness (QED) is 0.0960. The summed E-state index contributed by atoms with van der Waals surface area (Å²) in [5.74, 6) is 37.3. The third-order valence-electron chi connectivity index (χ3n) is 8.96. The molecular formula is C49H62N2. The minimum atomic E-state index is 0.885. The first-order valence-electron chi connectivity index (χ1n) is 20.1. The van der Waals surface area contributed by atoms with E-state index in [1.54, 1.807) is 4.68 Å². The van der Waals surface area contributed by atoms with E-state index in [1.807, 2.05) is 0 Å². The summed E-state index contributed by atoms with van der Waals surface area (Å²) in [6.45, 7) is 13.3. The molecule has 0 spiro atoms. The molecule has 0 radical (unpaired) electrons. The van der Waals surface area contributed by atoms with Crippen molar-refractivity contribution in [3.63, 3.8) is 0 Å². The van der Waals surface area contributed by atoms with E-state index in [0.717, 1.165) is 160 Å². The largest absolute Gasteiger partial charge is 0.448 e. The zero-order chi connectivity index (χ0) is 36.7. The molecule has 1 N–H and O–H groups in total. The lowest BCUT2D eigenvalue weighted by molar-refractivity contribution is -0.347. The normalized spacial score (nSPS) is 12.9. The van der Waals surface area contributed by atoms with Gasteiger partial charge in [-0.3, -0.25) is 0 Å². The van der Waals surface area contributed by atoms with E-state index in [9.17, 15) is 5.84 Å². The van der Waals surface area contributed by atoms with Gasteiger partial charge in [0.25, 0.3) is 0 Å². The van der Waals surface area contributed by atoms with Gasteiger partial charge >= 0.3 is 0 Å². The predicted molar refractivity (Wildman–Crippen MR) is 221 cm³/mol. The molecule has 0 bridgehead atoms. The number of unbranched alkanes of at least 4 members (excludes halogenated alkanes) is 11. The van der Waals surface area contributed by atoms with Crippen molar-refractivity contribution in [2.24, 2.45) is 0 Å². The maximum Gasteiger partial charge on any atom is 0.215 e. The maximum absolute atomic E-state index is 9.91. The van der Waals surface area contributed by atoms with Gasteiger partial charge in [0.15, 0.2) is 0 Å². The van der Waals surface area contributed by atoms with Gasteiger partial charge < -0.3 is 5.84 Å².